The highest BCUT2D eigenvalue weighted by Crippen LogP contribution is 2.28. The van der Waals surface area contributed by atoms with E-state index < -0.39 is 5.97 Å². The van der Waals surface area contributed by atoms with E-state index in [0.717, 1.165) is 45.2 Å². The Labute approximate surface area is 121 Å². The van der Waals surface area contributed by atoms with Crippen LogP contribution in [0.2, 0.25) is 0 Å². The molecule has 116 valence electrons. The molecular weight excluding hydrogens is 256 g/mol. The number of carboxylic acid groups (broad SMARTS) is 1. The molecule has 1 aliphatic rings. The van der Waals surface area contributed by atoms with Crippen molar-refractivity contribution in [3.8, 4) is 0 Å². The third kappa shape index (κ3) is 6.89. The summed E-state index contributed by atoms with van der Waals surface area (Å²) < 4.78 is 0. The van der Waals surface area contributed by atoms with Gasteiger partial charge in [-0.15, -0.1) is 0 Å². The van der Waals surface area contributed by atoms with Crippen LogP contribution in [0.5, 0.6) is 0 Å². The van der Waals surface area contributed by atoms with E-state index in [9.17, 15) is 9.59 Å². The minimum Gasteiger partial charge on any atom is -0.481 e. The molecule has 1 amide bonds. The highest BCUT2D eigenvalue weighted by Gasteiger charge is 2.25. The molecule has 0 spiro atoms. The minimum absolute atomic E-state index is 0.0462. The molecule has 0 aromatic heterocycles. The van der Waals surface area contributed by atoms with E-state index >= 15 is 0 Å². The summed E-state index contributed by atoms with van der Waals surface area (Å²) in [6.45, 7) is 6.18. The van der Waals surface area contributed by atoms with Crippen LogP contribution < -0.4 is 10.6 Å². The molecular formula is C15H28N2O3. The second-order valence-electron chi connectivity index (χ2n) is 6.22. The molecule has 0 bridgehead atoms. The second-order valence-corrected chi connectivity index (χ2v) is 6.22. The predicted octanol–water partition coefficient (Wildman–Crippen LogP) is 1.63. The molecule has 1 fully saturated rings. The van der Waals surface area contributed by atoms with Crippen LogP contribution in [0, 0.1) is 17.8 Å². The van der Waals surface area contributed by atoms with Crippen molar-refractivity contribution in [3.05, 3.63) is 0 Å². The van der Waals surface area contributed by atoms with Gasteiger partial charge in [-0.05, 0) is 50.5 Å². The molecule has 5 nitrogen and oxygen atoms in total. The number of aliphatic carboxylic acids is 1. The summed E-state index contributed by atoms with van der Waals surface area (Å²) in [4.78, 5) is 22.4. The fraction of sp³-hybridized carbons (Fsp3) is 0.867. The van der Waals surface area contributed by atoms with Gasteiger partial charge >= 0.3 is 5.97 Å². The monoisotopic (exact) mass is 284 g/mol. The number of carbonyl (C=O) groups is 2. The quantitative estimate of drug-likeness (QED) is 0.633. The summed E-state index contributed by atoms with van der Waals surface area (Å²) in [6, 6.07) is 0. The third-order valence-electron chi connectivity index (χ3n) is 3.96. The average Bonchev–Trinajstić information content (AvgIpc) is 2.39. The van der Waals surface area contributed by atoms with Gasteiger partial charge in [-0.3, -0.25) is 9.59 Å². The molecule has 0 radical (unpaired) electrons. The van der Waals surface area contributed by atoms with E-state index in [4.69, 9.17) is 5.11 Å². The second kappa shape index (κ2) is 8.95. The number of hydrogen-bond acceptors (Lipinski definition) is 3. The minimum atomic E-state index is -0.666. The zero-order valence-electron chi connectivity index (χ0n) is 12.7. The molecule has 20 heavy (non-hydrogen) atoms. The number of amides is 1. The first-order valence-corrected chi connectivity index (χ1v) is 7.69. The summed E-state index contributed by atoms with van der Waals surface area (Å²) in [6.07, 6.45) is 4.42. The number of carbonyl (C=O) groups excluding carboxylic acids is 1. The summed E-state index contributed by atoms with van der Waals surface area (Å²) in [5, 5.41) is 15.0. The first-order valence-electron chi connectivity index (χ1n) is 7.69. The first-order chi connectivity index (χ1) is 9.49. The van der Waals surface area contributed by atoms with Crippen LogP contribution in [0.15, 0.2) is 0 Å². The molecule has 0 aromatic carbocycles. The van der Waals surface area contributed by atoms with Crippen molar-refractivity contribution in [3.63, 3.8) is 0 Å². The van der Waals surface area contributed by atoms with Gasteiger partial charge in [-0.25, -0.2) is 0 Å². The maximum absolute atomic E-state index is 11.6. The van der Waals surface area contributed by atoms with Gasteiger partial charge < -0.3 is 15.7 Å². The molecule has 0 saturated heterocycles. The number of rotatable bonds is 8. The Bertz CT molecular complexity index is 310. The Morgan fingerprint density at radius 2 is 1.85 bits per heavy atom. The fourth-order valence-electron chi connectivity index (χ4n) is 2.57. The molecule has 1 rings (SSSR count). The highest BCUT2D eigenvalue weighted by atomic mass is 16.4. The van der Waals surface area contributed by atoms with Gasteiger partial charge in [0.2, 0.25) is 5.91 Å². The standard InChI is InChI=1S/C15H28N2O3/c1-11(2)7-8-17-14(18)10-16-9-12-3-5-13(6-4-12)15(19)20/h11-13,16H,3-10H2,1-2H3,(H,17,18)(H,19,20). The van der Waals surface area contributed by atoms with Crippen LogP contribution in [0.1, 0.15) is 46.0 Å². The Kier molecular flexibility index (Phi) is 7.59. The largest absolute Gasteiger partial charge is 0.481 e. The van der Waals surface area contributed by atoms with Crippen molar-refractivity contribution in [1.29, 1.82) is 0 Å². The Morgan fingerprint density at radius 3 is 2.40 bits per heavy atom. The van der Waals surface area contributed by atoms with Crippen molar-refractivity contribution in [1.82, 2.24) is 10.6 Å². The Morgan fingerprint density at radius 1 is 1.20 bits per heavy atom. The SMILES string of the molecule is CC(C)CCNC(=O)CNCC1CCC(C(=O)O)CC1. The maximum atomic E-state index is 11.6. The summed E-state index contributed by atoms with van der Waals surface area (Å²) in [7, 11) is 0. The van der Waals surface area contributed by atoms with Crippen LogP contribution in [-0.4, -0.2) is 36.6 Å². The van der Waals surface area contributed by atoms with Crippen molar-refractivity contribution in [2.45, 2.75) is 46.0 Å². The molecule has 5 heteroatoms. The smallest absolute Gasteiger partial charge is 0.306 e. The number of hydrogen-bond donors (Lipinski definition) is 3. The van der Waals surface area contributed by atoms with E-state index in [1.165, 1.54) is 0 Å². The normalized spacial score (nSPS) is 22.8. The van der Waals surface area contributed by atoms with Gasteiger partial charge in [0, 0.05) is 6.54 Å². The topological polar surface area (TPSA) is 78.4 Å². The van der Waals surface area contributed by atoms with Gasteiger partial charge in [0.05, 0.1) is 12.5 Å². The molecule has 0 aromatic rings. The predicted molar refractivity (Wildman–Crippen MR) is 78.4 cm³/mol. The Hall–Kier alpha value is -1.10. The highest BCUT2D eigenvalue weighted by molar-refractivity contribution is 5.77. The Balaban J connectivity index is 2.04. The zero-order chi connectivity index (χ0) is 15.0. The van der Waals surface area contributed by atoms with E-state index in [-0.39, 0.29) is 11.8 Å². The summed E-state index contributed by atoms with van der Waals surface area (Å²) in [5.74, 6) is 0.332. The van der Waals surface area contributed by atoms with Gasteiger partial charge in [0.25, 0.3) is 0 Å². The number of carboxylic acids is 1. The van der Waals surface area contributed by atoms with Crippen LogP contribution >= 0.6 is 0 Å². The van der Waals surface area contributed by atoms with Crippen molar-refractivity contribution >= 4 is 11.9 Å². The van der Waals surface area contributed by atoms with Crippen LogP contribution in [0.4, 0.5) is 0 Å². The van der Waals surface area contributed by atoms with E-state index in [1.54, 1.807) is 0 Å². The molecule has 0 heterocycles. The van der Waals surface area contributed by atoms with Crippen LogP contribution in [0.25, 0.3) is 0 Å². The third-order valence-corrected chi connectivity index (χ3v) is 3.96. The molecule has 0 atom stereocenters. The summed E-state index contributed by atoms with van der Waals surface area (Å²) >= 11 is 0. The number of nitrogens with one attached hydrogen (secondary N) is 2. The maximum Gasteiger partial charge on any atom is 0.306 e. The van der Waals surface area contributed by atoms with Crippen molar-refractivity contribution in [2.75, 3.05) is 19.6 Å². The van der Waals surface area contributed by atoms with Gasteiger partial charge in [-0.2, -0.15) is 0 Å². The lowest BCUT2D eigenvalue weighted by atomic mass is 9.82. The average molecular weight is 284 g/mol. The van der Waals surface area contributed by atoms with Crippen LogP contribution in [0.3, 0.4) is 0 Å². The van der Waals surface area contributed by atoms with Gasteiger partial charge in [-0.1, -0.05) is 13.8 Å². The van der Waals surface area contributed by atoms with Gasteiger partial charge in [0.1, 0.15) is 0 Å². The molecule has 1 aliphatic carbocycles. The molecule has 1 saturated carbocycles. The van der Waals surface area contributed by atoms with Crippen molar-refractivity contribution in [2.24, 2.45) is 17.8 Å². The zero-order valence-corrected chi connectivity index (χ0v) is 12.7. The fourth-order valence-corrected chi connectivity index (χ4v) is 2.57. The lowest BCUT2D eigenvalue weighted by Gasteiger charge is -2.26. The molecule has 3 N–H and O–H groups in total. The van der Waals surface area contributed by atoms with E-state index in [2.05, 4.69) is 24.5 Å². The lowest BCUT2D eigenvalue weighted by molar-refractivity contribution is -0.143. The van der Waals surface area contributed by atoms with Crippen LogP contribution in [-0.2, 0) is 9.59 Å². The molecule has 0 aliphatic heterocycles. The van der Waals surface area contributed by atoms with E-state index in [0.29, 0.717) is 18.4 Å². The van der Waals surface area contributed by atoms with Gasteiger partial charge in [0.15, 0.2) is 0 Å². The first kappa shape index (κ1) is 17.0. The lowest BCUT2D eigenvalue weighted by Crippen LogP contribution is -2.37. The molecule has 0 unspecified atom stereocenters. The summed E-state index contributed by atoms with van der Waals surface area (Å²) in [5.41, 5.74) is 0. The van der Waals surface area contributed by atoms with E-state index in [1.807, 2.05) is 0 Å². The van der Waals surface area contributed by atoms with Crippen molar-refractivity contribution < 1.29 is 14.7 Å².